The lowest BCUT2D eigenvalue weighted by Gasteiger charge is -2.18. The van der Waals surface area contributed by atoms with Crippen LogP contribution in [-0.4, -0.2) is 0 Å². The fourth-order valence-electron chi connectivity index (χ4n) is 6.60. The van der Waals surface area contributed by atoms with Crippen molar-refractivity contribution in [1.82, 2.24) is 0 Å². The Labute approximate surface area is 242 Å². The lowest BCUT2D eigenvalue weighted by molar-refractivity contribution is 0.616. The first-order valence-electron chi connectivity index (χ1n) is 14.2. The van der Waals surface area contributed by atoms with Crippen molar-refractivity contribution in [3.05, 3.63) is 146 Å². The van der Waals surface area contributed by atoms with Gasteiger partial charge in [0.25, 0.3) is 0 Å². The highest BCUT2D eigenvalue weighted by Crippen LogP contribution is 2.44. The van der Waals surface area contributed by atoms with E-state index in [1.54, 1.807) is 6.26 Å². The number of furan rings is 2. The zero-order valence-corrected chi connectivity index (χ0v) is 22.7. The Morgan fingerprint density at radius 2 is 0.881 bits per heavy atom. The number of benzene rings is 7. The van der Waals surface area contributed by atoms with Gasteiger partial charge in [-0.25, -0.2) is 0 Å². The molecule has 9 rings (SSSR count). The highest BCUT2D eigenvalue weighted by Gasteiger charge is 2.17. The van der Waals surface area contributed by atoms with Crippen LogP contribution in [0, 0.1) is 0 Å². The van der Waals surface area contributed by atoms with Crippen LogP contribution in [0.2, 0.25) is 0 Å². The van der Waals surface area contributed by atoms with Gasteiger partial charge in [-0.15, -0.1) is 0 Å². The molecule has 0 aliphatic heterocycles. The van der Waals surface area contributed by atoms with Crippen LogP contribution < -0.4 is 0 Å². The lowest BCUT2D eigenvalue weighted by Crippen LogP contribution is -1.90. The summed E-state index contributed by atoms with van der Waals surface area (Å²) in [6, 6.07) is 49.8. The van der Waals surface area contributed by atoms with Crippen LogP contribution in [-0.2, 0) is 0 Å². The molecule has 0 aliphatic carbocycles. The van der Waals surface area contributed by atoms with Crippen LogP contribution in [0.25, 0.3) is 87.8 Å². The van der Waals surface area contributed by atoms with Crippen molar-refractivity contribution in [1.29, 1.82) is 0 Å². The van der Waals surface area contributed by atoms with E-state index in [9.17, 15) is 0 Å². The molecule has 0 amide bonds. The smallest absolute Gasteiger partial charge is 0.136 e. The van der Waals surface area contributed by atoms with Crippen LogP contribution >= 0.6 is 0 Å². The van der Waals surface area contributed by atoms with Gasteiger partial charge in [0.2, 0.25) is 0 Å². The molecule has 0 bridgehead atoms. The number of hydrogen-bond acceptors (Lipinski definition) is 2. The average Bonchev–Trinajstić information content (AvgIpc) is 3.66. The molecule has 2 heterocycles. The monoisotopic (exact) mass is 536 g/mol. The normalized spacial score (nSPS) is 11.8. The Morgan fingerprint density at radius 1 is 0.333 bits per heavy atom. The molecule has 0 spiro atoms. The number of rotatable bonds is 3. The van der Waals surface area contributed by atoms with E-state index in [0.717, 1.165) is 44.0 Å². The minimum atomic E-state index is 0.877. The van der Waals surface area contributed by atoms with Gasteiger partial charge in [0.05, 0.1) is 6.26 Å². The molecule has 0 unspecified atom stereocenters. The van der Waals surface area contributed by atoms with E-state index < -0.39 is 0 Å². The summed E-state index contributed by atoms with van der Waals surface area (Å²) in [6.07, 6.45) is 1.72. The summed E-state index contributed by atoms with van der Waals surface area (Å²) in [7, 11) is 0. The van der Waals surface area contributed by atoms with E-state index in [4.69, 9.17) is 8.83 Å². The highest BCUT2D eigenvalue weighted by atomic mass is 16.3. The van der Waals surface area contributed by atoms with Gasteiger partial charge in [-0.2, -0.15) is 0 Å². The van der Waals surface area contributed by atoms with E-state index in [1.807, 2.05) is 6.07 Å². The molecular weight excluding hydrogens is 512 g/mol. The molecular formula is C40H24O2. The second-order valence-corrected chi connectivity index (χ2v) is 10.9. The molecule has 196 valence electrons. The first-order valence-corrected chi connectivity index (χ1v) is 14.2. The Morgan fingerprint density at radius 3 is 1.55 bits per heavy atom. The fourth-order valence-corrected chi connectivity index (χ4v) is 6.60. The van der Waals surface area contributed by atoms with Gasteiger partial charge in [-0.05, 0) is 85.3 Å². The lowest BCUT2D eigenvalue weighted by atomic mass is 9.86. The molecule has 0 saturated carbocycles. The molecule has 2 nitrogen and oxygen atoms in total. The molecule has 0 radical (unpaired) electrons. The molecule has 7 aromatic carbocycles. The SMILES string of the molecule is c1ccc(-c2c3ccccc3c(-c3ccc(-c4ccc5c(c4)oc4cc6ccoc6cc45)cc3)c3ccccc23)cc1. The van der Waals surface area contributed by atoms with E-state index in [2.05, 4.69) is 133 Å². The topological polar surface area (TPSA) is 26.3 Å². The molecule has 0 fully saturated rings. The standard InChI is InChI=1S/C40H24O2/c1-2-8-26(9-3-1)39-31-10-4-6-12-33(31)40(34-13-7-5-11-32(34)39)27-16-14-25(15-17-27)28-18-19-30-35-24-36-29(20-21-41-36)23-38(35)42-37(30)22-28/h1-24H. The van der Waals surface area contributed by atoms with Gasteiger partial charge in [0.15, 0.2) is 0 Å². The largest absolute Gasteiger partial charge is 0.464 e. The van der Waals surface area contributed by atoms with Gasteiger partial charge >= 0.3 is 0 Å². The summed E-state index contributed by atoms with van der Waals surface area (Å²) >= 11 is 0. The maximum atomic E-state index is 6.29. The fraction of sp³-hybridized carbons (Fsp3) is 0. The van der Waals surface area contributed by atoms with Gasteiger partial charge < -0.3 is 8.83 Å². The summed E-state index contributed by atoms with van der Waals surface area (Å²) in [5.74, 6) is 0. The molecule has 42 heavy (non-hydrogen) atoms. The molecule has 0 saturated heterocycles. The second-order valence-electron chi connectivity index (χ2n) is 10.9. The van der Waals surface area contributed by atoms with Crippen molar-refractivity contribution in [2.45, 2.75) is 0 Å². The average molecular weight is 537 g/mol. The zero-order valence-electron chi connectivity index (χ0n) is 22.7. The van der Waals surface area contributed by atoms with Gasteiger partial charge in [0, 0.05) is 16.2 Å². The maximum absolute atomic E-state index is 6.29. The van der Waals surface area contributed by atoms with Crippen molar-refractivity contribution >= 4 is 54.5 Å². The van der Waals surface area contributed by atoms with Gasteiger partial charge in [0.1, 0.15) is 16.7 Å². The Bertz CT molecular complexity index is 2380. The third-order valence-corrected chi connectivity index (χ3v) is 8.55. The molecule has 2 heteroatoms. The first kappa shape index (κ1) is 23.1. The first-order chi connectivity index (χ1) is 20.8. The third kappa shape index (κ3) is 3.45. The van der Waals surface area contributed by atoms with Gasteiger partial charge in [-0.1, -0.05) is 109 Å². The van der Waals surface area contributed by atoms with Crippen LogP contribution in [0.1, 0.15) is 0 Å². The summed E-state index contributed by atoms with van der Waals surface area (Å²) in [5, 5.41) is 8.28. The van der Waals surface area contributed by atoms with Crippen LogP contribution in [0.15, 0.2) is 155 Å². The maximum Gasteiger partial charge on any atom is 0.136 e. The van der Waals surface area contributed by atoms with Crippen LogP contribution in [0.5, 0.6) is 0 Å². The quantitative estimate of drug-likeness (QED) is 0.210. The van der Waals surface area contributed by atoms with E-state index in [1.165, 1.54) is 43.8 Å². The van der Waals surface area contributed by atoms with Crippen molar-refractivity contribution in [3.8, 4) is 33.4 Å². The number of fused-ring (bicyclic) bond motifs is 6. The molecule has 9 aromatic rings. The molecule has 0 aliphatic rings. The van der Waals surface area contributed by atoms with E-state index >= 15 is 0 Å². The second kappa shape index (κ2) is 8.95. The van der Waals surface area contributed by atoms with Crippen molar-refractivity contribution < 1.29 is 8.83 Å². The van der Waals surface area contributed by atoms with Crippen molar-refractivity contribution in [3.63, 3.8) is 0 Å². The van der Waals surface area contributed by atoms with E-state index in [-0.39, 0.29) is 0 Å². The summed E-state index contributed by atoms with van der Waals surface area (Å²) in [4.78, 5) is 0. The Kier molecular flexibility index (Phi) is 4.93. The van der Waals surface area contributed by atoms with Crippen LogP contribution in [0.3, 0.4) is 0 Å². The van der Waals surface area contributed by atoms with Crippen LogP contribution in [0.4, 0.5) is 0 Å². The minimum absolute atomic E-state index is 0.877. The third-order valence-electron chi connectivity index (χ3n) is 8.55. The Balaban J connectivity index is 1.19. The summed E-state index contributed by atoms with van der Waals surface area (Å²) in [5.41, 5.74) is 9.92. The molecule has 0 atom stereocenters. The highest BCUT2D eigenvalue weighted by molar-refractivity contribution is 6.21. The predicted octanol–water partition coefficient (Wildman–Crippen LogP) is 11.6. The summed E-state index contributed by atoms with van der Waals surface area (Å²) in [6.45, 7) is 0. The molecule has 0 N–H and O–H groups in total. The predicted molar refractivity (Wildman–Crippen MR) is 175 cm³/mol. The van der Waals surface area contributed by atoms with Crippen molar-refractivity contribution in [2.24, 2.45) is 0 Å². The Hall–Kier alpha value is -5.60. The number of hydrogen-bond donors (Lipinski definition) is 0. The minimum Gasteiger partial charge on any atom is -0.464 e. The van der Waals surface area contributed by atoms with Gasteiger partial charge in [-0.3, -0.25) is 0 Å². The van der Waals surface area contributed by atoms with E-state index in [0.29, 0.717) is 0 Å². The molecule has 2 aromatic heterocycles. The van der Waals surface area contributed by atoms with Crippen molar-refractivity contribution in [2.75, 3.05) is 0 Å². The summed E-state index contributed by atoms with van der Waals surface area (Å²) < 4.78 is 11.9. The zero-order chi connectivity index (χ0) is 27.6.